The second-order valence-electron chi connectivity index (χ2n) is 9.32. The molecule has 2 heterocycles. The van der Waals surface area contributed by atoms with Gasteiger partial charge in [0.1, 0.15) is 11.5 Å². The van der Waals surface area contributed by atoms with Crippen LogP contribution in [0.25, 0.3) is 11.0 Å². The van der Waals surface area contributed by atoms with Crippen molar-refractivity contribution in [2.24, 2.45) is 0 Å². The van der Waals surface area contributed by atoms with Crippen LogP contribution < -0.4 is 19.1 Å². The zero-order valence-corrected chi connectivity index (χ0v) is 22.1. The Bertz CT molecular complexity index is 1570. The highest BCUT2D eigenvalue weighted by Crippen LogP contribution is 2.43. The van der Waals surface area contributed by atoms with Crippen LogP contribution in [0.1, 0.15) is 42.9 Å². The van der Waals surface area contributed by atoms with Gasteiger partial charge in [-0.05, 0) is 62.7 Å². The Balaban J connectivity index is 1.62. The summed E-state index contributed by atoms with van der Waals surface area (Å²) in [6.07, 6.45) is -0.0205. The van der Waals surface area contributed by atoms with Crippen molar-refractivity contribution < 1.29 is 33.3 Å². The third kappa shape index (κ3) is 4.81. The maximum absolute atomic E-state index is 13.9. The fraction of sp³-hybridized carbons (Fsp3) is 0.226. The van der Waals surface area contributed by atoms with Gasteiger partial charge < -0.3 is 23.7 Å². The molecule has 8 nitrogen and oxygen atoms in total. The molecule has 0 saturated carbocycles. The van der Waals surface area contributed by atoms with Crippen molar-refractivity contribution in [3.63, 3.8) is 0 Å². The van der Waals surface area contributed by atoms with E-state index in [1.807, 2.05) is 20.8 Å². The summed E-state index contributed by atoms with van der Waals surface area (Å²) < 4.78 is 22.7. The van der Waals surface area contributed by atoms with Crippen LogP contribution in [-0.2, 0) is 4.79 Å². The van der Waals surface area contributed by atoms with Gasteiger partial charge in [0.25, 0.3) is 5.91 Å². The number of aliphatic hydroxyl groups excluding tert-OH is 1. The number of methoxy groups -OCH3 is 1. The lowest BCUT2D eigenvalue weighted by molar-refractivity contribution is -0.117. The van der Waals surface area contributed by atoms with E-state index in [4.69, 9.17) is 18.6 Å². The van der Waals surface area contributed by atoms with Crippen LogP contribution >= 0.6 is 0 Å². The molecular weight excluding hydrogens is 498 g/mol. The van der Waals surface area contributed by atoms with Crippen molar-refractivity contribution in [1.29, 1.82) is 0 Å². The molecule has 1 amide bonds. The van der Waals surface area contributed by atoms with E-state index in [0.717, 1.165) is 0 Å². The number of anilines is 1. The molecule has 39 heavy (non-hydrogen) atoms. The maximum Gasteiger partial charge on any atom is 0.294 e. The van der Waals surface area contributed by atoms with Crippen LogP contribution in [0.5, 0.6) is 17.2 Å². The van der Waals surface area contributed by atoms with Crippen molar-refractivity contribution >= 4 is 28.3 Å². The van der Waals surface area contributed by atoms with E-state index in [1.54, 1.807) is 72.8 Å². The Morgan fingerprint density at radius 3 is 2.46 bits per heavy atom. The van der Waals surface area contributed by atoms with Crippen LogP contribution in [0.3, 0.4) is 0 Å². The predicted molar refractivity (Wildman–Crippen MR) is 147 cm³/mol. The lowest BCUT2D eigenvalue weighted by Crippen LogP contribution is -2.31. The minimum absolute atomic E-state index is 0.0153. The van der Waals surface area contributed by atoms with E-state index >= 15 is 0 Å². The first kappa shape index (κ1) is 25.9. The molecule has 1 aliphatic heterocycles. The molecule has 0 saturated heterocycles. The van der Waals surface area contributed by atoms with E-state index < -0.39 is 23.5 Å². The second-order valence-corrected chi connectivity index (χ2v) is 9.32. The van der Waals surface area contributed by atoms with Crippen molar-refractivity contribution in [1.82, 2.24) is 0 Å². The lowest BCUT2D eigenvalue weighted by atomic mass is 9.94. The fourth-order valence-corrected chi connectivity index (χ4v) is 4.75. The highest BCUT2D eigenvalue weighted by Gasteiger charge is 2.45. The van der Waals surface area contributed by atoms with E-state index in [2.05, 4.69) is 0 Å². The quantitative estimate of drug-likeness (QED) is 0.251. The van der Waals surface area contributed by atoms with Crippen molar-refractivity contribution in [2.45, 2.75) is 32.9 Å². The number of amides is 1. The number of carbonyl (C=O) groups excluding carboxylic acids is 2. The first-order chi connectivity index (χ1) is 18.8. The van der Waals surface area contributed by atoms with Gasteiger partial charge >= 0.3 is 0 Å². The van der Waals surface area contributed by atoms with E-state index in [1.165, 1.54) is 12.0 Å². The minimum Gasteiger partial charge on any atom is -0.503 e. The topological polar surface area (TPSA) is 98.4 Å². The Hall–Kier alpha value is -4.72. The highest BCUT2D eigenvalue weighted by atomic mass is 16.5. The van der Waals surface area contributed by atoms with Gasteiger partial charge in [-0.3, -0.25) is 14.5 Å². The number of aliphatic hydroxyl groups is 1. The summed E-state index contributed by atoms with van der Waals surface area (Å²) in [4.78, 5) is 28.9. The zero-order chi connectivity index (χ0) is 27.7. The smallest absolute Gasteiger partial charge is 0.294 e. The number of furan rings is 1. The summed E-state index contributed by atoms with van der Waals surface area (Å²) in [6.45, 7) is 6.16. The number of para-hydroxylation sites is 1. The van der Waals surface area contributed by atoms with Crippen LogP contribution in [0.4, 0.5) is 5.69 Å². The molecule has 5 rings (SSSR count). The molecule has 200 valence electrons. The lowest BCUT2D eigenvalue weighted by Gasteiger charge is -2.27. The normalized spacial score (nSPS) is 15.4. The van der Waals surface area contributed by atoms with E-state index in [9.17, 15) is 14.7 Å². The molecule has 4 aromatic rings. The number of ether oxygens (including phenoxy) is 3. The summed E-state index contributed by atoms with van der Waals surface area (Å²) in [6, 6.07) is 20.1. The molecular formula is C31H29NO7. The molecule has 1 unspecified atom stereocenters. The molecule has 0 fully saturated rings. The predicted octanol–water partition coefficient (Wildman–Crippen LogP) is 6.41. The van der Waals surface area contributed by atoms with E-state index in [0.29, 0.717) is 46.1 Å². The van der Waals surface area contributed by atoms with Gasteiger partial charge in [-0.2, -0.15) is 0 Å². The standard InChI is InChI=1S/C31H29NO7/c1-5-37-23-10-7-9-21(17-23)32-27(19-12-14-22(15-13-19)38-18(2)3)26(29(34)31(32)35)28(33)25-16-20-8-6-11-24(36-4)30(20)39-25/h6-18,27,34H,5H2,1-4H3. The first-order valence-corrected chi connectivity index (χ1v) is 12.7. The summed E-state index contributed by atoms with van der Waals surface area (Å²) in [5.41, 5.74) is 1.40. The number of ketones is 1. The Morgan fingerprint density at radius 2 is 1.77 bits per heavy atom. The zero-order valence-electron chi connectivity index (χ0n) is 22.1. The summed E-state index contributed by atoms with van der Waals surface area (Å²) >= 11 is 0. The van der Waals surface area contributed by atoms with Gasteiger partial charge in [-0.1, -0.05) is 30.3 Å². The first-order valence-electron chi connectivity index (χ1n) is 12.7. The summed E-state index contributed by atoms with van der Waals surface area (Å²) in [7, 11) is 1.51. The molecule has 1 atom stereocenters. The van der Waals surface area contributed by atoms with Crippen molar-refractivity contribution in [3.05, 3.63) is 95.5 Å². The third-order valence-electron chi connectivity index (χ3n) is 6.38. The van der Waals surface area contributed by atoms with Gasteiger partial charge in [0.05, 0.1) is 31.4 Å². The molecule has 0 aliphatic carbocycles. The van der Waals surface area contributed by atoms with Gasteiger partial charge in [0.15, 0.2) is 22.9 Å². The highest BCUT2D eigenvalue weighted by molar-refractivity contribution is 6.20. The van der Waals surface area contributed by atoms with Crippen LogP contribution in [0, 0.1) is 0 Å². The Morgan fingerprint density at radius 1 is 1.03 bits per heavy atom. The van der Waals surface area contributed by atoms with Gasteiger partial charge in [0.2, 0.25) is 5.78 Å². The summed E-state index contributed by atoms with van der Waals surface area (Å²) in [5.74, 6) is -0.276. The van der Waals surface area contributed by atoms with Gasteiger partial charge in [0, 0.05) is 17.1 Å². The second kappa shape index (κ2) is 10.6. The minimum atomic E-state index is -0.926. The summed E-state index contributed by atoms with van der Waals surface area (Å²) in [5, 5.41) is 11.8. The molecule has 1 N–H and O–H groups in total. The molecule has 1 aromatic heterocycles. The number of hydrogen-bond donors (Lipinski definition) is 1. The molecule has 8 heteroatoms. The maximum atomic E-state index is 13.9. The third-order valence-corrected chi connectivity index (χ3v) is 6.38. The van der Waals surface area contributed by atoms with Gasteiger partial charge in [-0.15, -0.1) is 0 Å². The number of rotatable bonds is 9. The number of fused-ring (bicyclic) bond motifs is 1. The van der Waals surface area contributed by atoms with Crippen molar-refractivity contribution in [3.8, 4) is 17.2 Å². The Kier molecular flexibility index (Phi) is 7.02. The largest absolute Gasteiger partial charge is 0.503 e. The molecule has 3 aromatic carbocycles. The molecule has 0 bridgehead atoms. The monoisotopic (exact) mass is 527 g/mol. The average molecular weight is 528 g/mol. The van der Waals surface area contributed by atoms with Gasteiger partial charge in [-0.25, -0.2) is 0 Å². The van der Waals surface area contributed by atoms with Crippen LogP contribution in [-0.4, -0.2) is 36.6 Å². The molecule has 0 radical (unpaired) electrons. The van der Waals surface area contributed by atoms with Crippen molar-refractivity contribution in [2.75, 3.05) is 18.6 Å². The van der Waals surface area contributed by atoms with Crippen LogP contribution in [0.15, 0.2) is 88.5 Å². The SMILES string of the molecule is CCOc1cccc(N2C(=O)C(O)=C(C(=O)c3cc4cccc(OC)c4o3)C2c2ccc(OC(C)C)cc2)c1. The average Bonchev–Trinajstić information content (AvgIpc) is 3.48. The fourth-order valence-electron chi connectivity index (χ4n) is 4.75. The number of benzene rings is 3. The number of hydrogen-bond acceptors (Lipinski definition) is 7. The molecule has 1 aliphatic rings. The van der Waals surface area contributed by atoms with Crippen LogP contribution in [0.2, 0.25) is 0 Å². The van der Waals surface area contributed by atoms with E-state index in [-0.39, 0.29) is 17.4 Å². The number of Topliss-reactive ketones (excluding diaryl/α,β-unsaturated/α-hetero) is 1. The Labute approximate surface area is 226 Å². The number of carbonyl (C=O) groups is 2. The number of nitrogens with zero attached hydrogens (tertiary/aromatic N) is 1. The molecule has 0 spiro atoms.